The van der Waals surface area contributed by atoms with Crippen LogP contribution in [0.15, 0.2) is 16.7 Å². The van der Waals surface area contributed by atoms with Crippen LogP contribution in [-0.4, -0.2) is 37.4 Å². The second-order valence-corrected chi connectivity index (χ2v) is 4.36. The van der Waals surface area contributed by atoms with Crippen LogP contribution in [0.1, 0.15) is 0 Å². The largest absolute Gasteiger partial charge is 0.473 e. The molecule has 0 spiro atoms. The van der Waals surface area contributed by atoms with Gasteiger partial charge in [-0.2, -0.15) is 0 Å². The first-order valence-corrected chi connectivity index (χ1v) is 5.81. The molecule has 4 nitrogen and oxygen atoms in total. The molecule has 1 fully saturated rings. The molecule has 1 aliphatic heterocycles. The van der Waals surface area contributed by atoms with E-state index >= 15 is 0 Å². The zero-order chi connectivity index (χ0) is 11.4. The average molecular weight is 291 g/mol. The van der Waals surface area contributed by atoms with Crippen molar-refractivity contribution in [2.45, 2.75) is 6.10 Å². The molecule has 0 bridgehead atoms. The molecular formula is C10H12BrFN2O2. The third-order valence-electron chi connectivity index (χ3n) is 2.18. The first-order chi connectivity index (χ1) is 7.75. The molecule has 1 aromatic heterocycles. The Labute approximate surface area is 101 Å². The zero-order valence-corrected chi connectivity index (χ0v) is 10.2. The first kappa shape index (κ1) is 11.8. The molecule has 1 aromatic rings. The number of halogens is 2. The Hall–Kier alpha value is -0.720. The van der Waals surface area contributed by atoms with Gasteiger partial charge in [0.2, 0.25) is 0 Å². The molecule has 0 saturated carbocycles. The normalized spacial score (nSPS) is 20.8. The van der Waals surface area contributed by atoms with Crippen LogP contribution in [0.5, 0.6) is 5.88 Å². The average Bonchev–Trinajstić information content (AvgIpc) is 2.29. The van der Waals surface area contributed by atoms with E-state index in [2.05, 4.69) is 26.2 Å². The number of morpholine rings is 1. The van der Waals surface area contributed by atoms with Crippen LogP contribution in [-0.2, 0) is 4.74 Å². The molecular weight excluding hydrogens is 279 g/mol. The number of aromatic nitrogens is 1. The Kier molecular flexibility index (Phi) is 4.09. The molecule has 2 heterocycles. The van der Waals surface area contributed by atoms with Crippen molar-refractivity contribution in [2.75, 3.05) is 26.3 Å². The predicted octanol–water partition coefficient (Wildman–Crippen LogP) is 1.35. The Bertz CT molecular complexity index is 359. The van der Waals surface area contributed by atoms with Gasteiger partial charge in [0, 0.05) is 23.8 Å². The molecule has 0 radical (unpaired) electrons. The first-order valence-electron chi connectivity index (χ1n) is 5.02. The second kappa shape index (κ2) is 5.56. The summed E-state index contributed by atoms with van der Waals surface area (Å²) in [7, 11) is 0. The molecule has 16 heavy (non-hydrogen) atoms. The molecule has 88 valence electrons. The monoisotopic (exact) mass is 290 g/mol. The SMILES string of the molecule is Fc1cc(Br)cnc1OCC1CNCCO1. The maximum absolute atomic E-state index is 13.3. The van der Waals surface area contributed by atoms with E-state index < -0.39 is 5.82 Å². The molecule has 6 heteroatoms. The van der Waals surface area contributed by atoms with Gasteiger partial charge in [-0.1, -0.05) is 0 Å². The van der Waals surface area contributed by atoms with E-state index in [1.165, 1.54) is 12.3 Å². The van der Waals surface area contributed by atoms with Crippen LogP contribution in [0.4, 0.5) is 4.39 Å². The molecule has 1 atom stereocenters. The summed E-state index contributed by atoms with van der Waals surface area (Å²) in [5.74, 6) is -0.462. The third kappa shape index (κ3) is 3.13. The Balaban J connectivity index is 1.88. The fourth-order valence-electron chi connectivity index (χ4n) is 1.41. The summed E-state index contributed by atoms with van der Waals surface area (Å²) in [6, 6.07) is 1.32. The van der Waals surface area contributed by atoms with Crippen molar-refractivity contribution in [1.29, 1.82) is 0 Å². The maximum Gasteiger partial charge on any atom is 0.250 e. The van der Waals surface area contributed by atoms with Gasteiger partial charge < -0.3 is 14.8 Å². The number of hydrogen-bond acceptors (Lipinski definition) is 4. The van der Waals surface area contributed by atoms with Crippen LogP contribution < -0.4 is 10.1 Å². The lowest BCUT2D eigenvalue weighted by molar-refractivity contribution is -0.00157. The van der Waals surface area contributed by atoms with E-state index in [-0.39, 0.29) is 12.0 Å². The van der Waals surface area contributed by atoms with Gasteiger partial charge in [0.1, 0.15) is 12.7 Å². The van der Waals surface area contributed by atoms with Crippen LogP contribution in [0.2, 0.25) is 0 Å². The molecule has 1 unspecified atom stereocenters. The maximum atomic E-state index is 13.3. The standard InChI is InChI=1S/C10H12BrFN2O2/c11-7-3-9(12)10(14-4-7)16-6-8-5-13-1-2-15-8/h3-4,8,13H,1-2,5-6H2. The lowest BCUT2D eigenvalue weighted by Crippen LogP contribution is -2.41. The summed E-state index contributed by atoms with van der Waals surface area (Å²) in [6.07, 6.45) is 1.46. The number of nitrogens with one attached hydrogen (secondary N) is 1. The minimum absolute atomic E-state index is 0.0115. The van der Waals surface area contributed by atoms with E-state index in [0.717, 1.165) is 13.1 Å². The van der Waals surface area contributed by atoms with E-state index in [9.17, 15) is 4.39 Å². The van der Waals surface area contributed by atoms with Gasteiger partial charge in [-0.3, -0.25) is 0 Å². The van der Waals surface area contributed by atoms with E-state index in [1.807, 2.05) is 0 Å². The highest BCUT2D eigenvalue weighted by Gasteiger charge is 2.15. The number of rotatable bonds is 3. The second-order valence-electron chi connectivity index (χ2n) is 3.45. The van der Waals surface area contributed by atoms with Gasteiger partial charge in [-0.05, 0) is 22.0 Å². The summed E-state index contributed by atoms with van der Waals surface area (Å²) in [5.41, 5.74) is 0. The minimum Gasteiger partial charge on any atom is -0.473 e. The Morgan fingerprint density at radius 3 is 3.25 bits per heavy atom. The molecule has 2 rings (SSSR count). The summed E-state index contributed by atoms with van der Waals surface area (Å²) in [4.78, 5) is 3.84. The Morgan fingerprint density at radius 2 is 2.56 bits per heavy atom. The molecule has 0 amide bonds. The molecule has 1 saturated heterocycles. The highest BCUT2D eigenvalue weighted by Crippen LogP contribution is 2.18. The summed E-state index contributed by atoms with van der Waals surface area (Å²) < 4.78 is 24.6. The minimum atomic E-state index is -0.474. The van der Waals surface area contributed by atoms with Gasteiger partial charge in [-0.15, -0.1) is 0 Å². The number of nitrogens with zero attached hydrogens (tertiary/aromatic N) is 1. The molecule has 1 N–H and O–H groups in total. The van der Waals surface area contributed by atoms with Crippen molar-refractivity contribution in [2.24, 2.45) is 0 Å². The van der Waals surface area contributed by atoms with Gasteiger partial charge >= 0.3 is 0 Å². The van der Waals surface area contributed by atoms with Crippen molar-refractivity contribution in [3.63, 3.8) is 0 Å². The highest BCUT2D eigenvalue weighted by atomic mass is 79.9. The molecule has 0 aliphatic carbocycles. The highest BCUT2D eigenvalue weighted by molar-refractivity contribution is 9.10. The van der Waals surface area contributed by atoms with E-state index in [4.69, 9.17) is 9.47 Å². The zero-order valence-electron chi connectivity index (χ0n) is 8.58. The van der Waals surface area contributed by atoms with Crippen molar-refractivity contribution in [3.8, 4) is 5.88 Å². The number of pyridine rings is 1. The van der Waals surface area contributed by atoms with Crippen LogP contribution in [0.3, 0.4) is 0 Å². The van der Waals surface area contributed by atoms with Gasteiger partial charge in [0.05, 0.1) is 6.61 Å². The summed E-state index contributed by atoms with van der Waals surface area (Å²) in [6.45, 7) is 2.53. The van der Waals surface area contributed by atoms with Crippen molar-refractivity contribution < 1.29 is 13.9 Å². The van der Waals surface area contributed by atoms with Crippen LogP contribution in [0, 0.1) is 5.82 Å². The lowest BCUT2D eigenvalue weighted by atomic mass is 10.3. The molecule has 1 aliphatic rings. The van der Waals surface area contributed by atoms with Crippen LogP contribution in [0.25, 0.3) is 0 Å². The summed E-state index contributed by atoms with van der Waals surface area (Å²) >= 11 is 3.13. The van der Waals surface area contributed by atoms with Crippen molar-refractivity contribution in [3.05, 3.63) is 22.6 Å². The van der Waals surface area contributed by atoms with Gasteiger partial charge in [-0.25, -0.2) is 9.37 Å². The molecule has 0 aromatic carbocycles. The topological polar surface area (TPSA) is 43.4 Å². The fraction of sp³-hybridized carbons (Fsp3) is 0.500. The van der Waals surface area contributed by atoms with E-state index in [1.54, 1.807) is 0 Å². The van der Waals surface area contributed by atoms with E-state index in [0.29, 0.717) is 17.7 Å². The van der Waals surface area contributed by atoms with Crippen LogP contribution >= 0.6 is 15.9 Å². The predicted molar refractivity (Wildman–Crippen MR) is 60.0 cm³/mol. The summed E-state index contributed by atoms with van der Waals surface area (Å²) in [5, 5.41) is 3.17. The van der Waals surface area contributed by atoms with Crippen molar-refractivity contribution >= 4 is 15.9 Å². The lowest BCUT2D eigenvalue weighted by Gasteiger charge is -2.23. The van der Waals surface area contributed by atoms with Gasteiger partial charge in [0.25, 0.3) is 5.88 Å². The number of hydrogen-bond donors (Lipinski definition) is 1. The van der Waals surface area contributed by atoms with Gasteiger partial charge in [0.15, 0.2) is 5.82 Å². The third-order valence-corrected chi connectivity index (χ3v) is 2.62. The quantitative estimate of drug-likeness (QED) is 0.913. The number of ether oxygens (including phenoxy) is 2. The van der Waals surface area contributed by atoms with Crippen molar-refractivity contribution in [1.82, 2.24) is 10.3 Å². The Morgan fingerprint density at radius 1 is 1.69 bits per heavy atom. The fourth-order valence-corrected chi connectivity index (χ4v) is 1.71. The smallest absolute Gasteiger partial charge is 0.250 e.